The second-order valence-electron chi connectivity index (χ2n) is 5.64. The van der Waals surface area contributed by atoms with Gasteiger partial charge in [0, 0.05) is 23.3 Å². The van der Waals surface area contributed by atoms with Gasteiger partial charge < -0.3 is 16.4 Å². The molecule has 0 spiro atoms. The third-order valence-electron chi connectivity index (χ3n) is 4.14. The van der Waals surface area contributed by atoms with Gasteiger partial charge in [0.15, 0.2) is 0 Å². The lowest BCUT2D eigenvalue weighted by Gasteiger charge is -2.27. The van der Waals surface area contributed by atoms with E-state index in [2.05, 4.69) is 10.6 Å². The first-order valence-electron chi connectivity index (χ1n) is 7.11. The van der Waals surface area contributed by atoms with Crippen LogP contribution in [-0.4, -0.2) is 23.9 Å². The number of carbonyl (C=O) groups is 2. The van der Waals surface area contributed by atoms with Crippen LogP contribution in [-0.2, 0) is 11.2 Å². The summed E-state index contributed by atoms with van der Waals surface area (Å²) in [6.45, 7) is 0. The number of nitrogens with one attached hydrogen (secondary N) is 2. The van der Waals surface area contributed by atoms with Crippen LogP contribution in [0.15, 0.2) is 18.2 Å². The minimum absolute atomic E-state index is 0.0520. The van der Waals surface area contributed by atoms with Crippen LogP contribution in [0.3, 0.4) is 0 Å². The van der Waals surface area contributed by atoms with E-state index in [0.717, 1.165) is 36.9 Å². The Kier molecular flexibility index (Phi) is 3.44. The standard InChI is InChI=1S/C15H19N3O2/c16-9-4-6-10(7-5-9)17-15(20)11-2-1-3-13-12(11)8-14(19)18-13/h1-3,9-10H,4-8,16H2,(H,17,20)(H,18,19). The molecule has 0 saturated heterocycles. The molecule has 5 heteroatoms. The first-order chi connectivity index (χ1) is 9.63. The van der Waals surface area contributed by atoms with Gasteiger partial charge in [-0.2, -0.15) is 0 Å². The molecule has 3 rings (SSSR count). The summed E-state index contributed by atoms with van der Waals surface area (Å²) in [4.78, 5) is 23.8. The van der Waals surface area contributed by atoms with Crippen LogP contribution in [0.1, 0.15) is 41.6 Å². The highest BCUT2D eigenvalue weighted by Gasteiger charge is 2.25. The van der Waals surface area contributed by atoms with Crippen molar-refractivity contribution in [2.75, 3.05) is 5.32 Å². The Morgan fingerprint density at radius 1 is 1.25 bits per heavy atom. The molecule has 0 unspecified atom stereocenters. The van der Waals surface area contributed by atoms with Crippen molar-refractivity contribution >= 4 is 17.5 Å². The van der Waals surface area contributed by atoms with Crippen molar-refractivity contribution in [1.82, 2.24) is 5.32 Å². The van der Waals surface area contributed by atoms with E-state index < -0.39 is 0 Å². The van der Waals surface area contributed by atoms with Crippen LogP contribution in [0.2, 0.25) is 0 Å². The third-order valence-corrected chi connectivity index (χ3v) is 4.14. The molecule has 1 aromatic rings. The second-order valence-corrected chi connectivity index (χ2v) is 5.64. The lowest BCUT2D eigenvalue weighted by Crippen LogP contribution is -2.40. The smallest absolute Gasteiger partial charge is 0.251 e. The largest absolute Gasteiger partial charge is 0.349 e. The zero-order valence-electron chi connectivity index (χ0n) is 11.3. The molecule has 106 valence electrons. The fourth-order valence-corrected chi connectivity index (χ4v) is 2.99. The summed E-state index contributed by atoms with van der Waals surface area (Å²) in [5, 5.41) is 5.83. The highest BCUT2D eigenvalue weighted by Crippen LogP contribution is 2.26. The van der Waals surface area contributed by atoms with Crippen LogP contribution < -0.4 is 16.4 Å². The summed E-state index contributed by atoms with van der Waals surface area (Å²) in [6, 6.07) is 5.88. The molecule has 2 amide bonds. The molecule has 1 aromatic carbocycles. The van der Waals surface area contributed by atoms with E-state index in [1.807, 2.05) is 6.07 Å². The van der Waals surface area contributed by atoms with Gasteiger partial charge in [-0.15, -0.1) is 0 Å². The number of hydrogen-bond acceptors (Lipinski definition) is 3. The molecule has 1 aliphatic heterocycles. The number of hydrogen-bond donors (Lipinski definition) is 3. The van der Waals surface area contributed by atoms with Gasteiger partial charge in [0.1, 0.15) is 0 Å². The molecule has 0 bridgehead atoms. The van der Waals surface area contributed by atoms with Gasteiger partial charge in [0.25, 0.3) is 5.91 Å². The molecule has 1 fully saturated rings. The summed E-state index contributed by atoms with van der Waals surface area (Å²) in [5.41, 5.74) is 8.04. The van der Waals surface area contributed by atoms with E-state index in [1.165, 1.54) is 0 Å². The first kappa shape index (κ1) is 13.1. The number of carbonyl (C=O) groups excluding carboxylic acids is 2. The summed E-state index contributed by atoms with van der Waals surface area (Å²) < 4.78 is 0. The molecule has 1 saturated carbocycles. The number of fused-ring (bicyclic) bond motifs is 1. The molecule has 5 nitrogen and oxygen atoms in total. The van der Waals surface area contributed by atoms with Gasteiger partial charge in [-0.25, -0.2) is 0 Å². The Labute approximate surface area is 117 Å². The maximum absolute atomic E-state index is 12.4. The minimum Gasteiger partial charge on any atom is -0.349 e. The minimum atomic E-state index is -0.0844. The highest BCUT2D eigenvalue weighted by molar-refractivity contribution is 6.05. The van der Waals surface area contributed by atoms with E-state index in [1.54, 1.807) is 12.1 Å². The summed E-state index contributed by atoms with van der Waals surface area (Å²) in [5.74, 6) is -0.136. The second kappa shape index (κ2) is 5.25. The summed E-state index contributed by atoms with van der Waals surface area (Å²) in [6.07, 6.45) is 4.06. The van der Waals surface area contributed by atoms with E-state index in [9.17, 15) is 9.59 Å². The van der Waals surface area contributed by atoms with Gasteiger partial charge >= 0.3 is 0 Å². The first-order valence-corrected chi connectivity index (χ1v) is 7.11. The zero-order chi connectivity index (χ0) is 14.1. The zero-order valence-corrected chi connectivity index (χ0v) is 11.3. The Balaban J connectivity index is 1.72. The maximum atomic E-state index is 12.4. The van der Waals surface area contributed by atoms with E-state index >= 15 is 0 Å². The van der Waals surface area contributed by atoms with E-state index in [-0.39, 0.29) is 30.3 Å². The molecular weight excluding hydrogens is 254 g/mol. The van der Waals surface area contributed by atoms with Crippen molar-refractivity contribution in [1.29, 1.82) is 0 Å². The van der Waals surface area contributed by atoms with Crippen LogP contribution in [0, 0.1) is 0 Å². The monoisotopic (exact) mass is 273 g/mol. The maximum Gasteiger partial charge on any atom is 0.251 e. The lowest BCUT2D eigenvalue weighted by molar-refractivity contribution is -0.115. The summed E-state index contributed by atoms with van der Waals surface area (Å²) in [7, 11) is 0. The predicted octanol–water partition coefficient (Wildman–Crippen LogP) is 1.18. The molecular formula is C15H19N3O2. The molecule has 0 aromatic heterocycles. The van der Waals surface area contributed by atoms with Crippen LogP contribution >= 0.6 is 0 Å². The van der Waals surface area contributed by atoms with Crippen LogP contribution in [0.5, 0.6) is 0 Å². The molecule has 1 aliphatic carbocycles. The van der Waals surface area contributed by atoms with Gasteiger partial charge in [-0.05, 0) is 43.4 Å². The third kappa shape index (κ3) is 2.54. The number of rotatable bonds is 2. The summed E-state index contributed by atoms with van der Waals surface area (Å²) >= 11 is 0. The molecule has 2 aliphatic rings. The van der Waals surface area contributed by atoms with Crippen molar-refractivity contribution in [3.05, 3.63) is 29.3 Å². The molecule has 20 heavy (non-hydrogen) atoms. The highest BCUT2D eigenvalue weighted by atomic mass is 16.2. The Hall–Kier alpha value is -1.88. The molecule has 1 heterocycles. The molecule has 0 radical (unpaired) electrons. The molecule has 4 N–H and O–H groups in total. The lowest BCUT2D eigenvalue weighted by atomic mass is 9.91. The van der Waals surface area contributed by atoms with Gasteiger partial charge in [-0.1, -0.05) is 6.07 Å². The average Bonchev–Trinajstić information content (AvgIpc) is 2.81. The van der Waals surface area contributed by atoms with Crippen molar-refractivity contribution in [2.24, 2.45) is 5.73 Å². The van der Waals surface area contributed by atoms with Gasteiger partial charge in [0.05, 0.1) is 6.42 Å². The quantitative estimate of drug-likeness (QED) is 0.756. The number of nitrogens with two attached hydrogens (primary N) is 1. The Bertz CT molecular complexity index is 548. The normalized spacial score (nSPS) is 24.9. The van der Waals surface area contributed by atoms with Gasteiger partial charge in [-0.3, -0.25) is 9.59 Å². The van der Waals surface area contributed by atoms with Crippen LogP contribution in [0.4, 0.5) is 5.69 Å². The topological polar surface area (TPSA) is 84.2 Å². The van der Waals surface area contributed by atoms with Crippen molar-refractivity contribution < 1.29 is 9.59 Å². The van der Waals surface area contributed by atoms with E-state index in [0.29, 0.717) is 5.56 Å². The number of amides is 2. The fourth-order valence-electron chi connectivity index (χ4n) is 2.99. The fraction of sp³-hybridized carbons (Fsp3) is 0.467. The van der Waals surface area contributed by atoms with Gasteiger partial charge in [0.2, 0.25) is 5.91 Å². The Morgan fingerprint density at radius 3 is 2.75 bits per heavy atom. The number of benzene rings is 1. The van der Waals surface area contributed by atoms with E-state index in [4.69, 9.17) is 5.73 Å². The van der Waals surface area contributed by atoms with Crippen molar-refractivity contribution in [3.63, 3.8) is 0 Å². The Morgan fingerprint density at radius 2 is 2.00 bits per heavy atom. The number of anilines is 1. The van der Waals surface area contributed by atoms with Crippen molar-refractivity contribution in [3.8, 4) is 0 Å². The molecule has 0 atom stereocenters. The van der Waals surface area contributed by atoms with Crippen LogP contribution in [0.25, 0.3) is 0 Å². The van der Waals surface area contributed by atoms with Crippen molar-refractivity contribution in [2.45, 2.75) is 44.2 Å². The average molecular weight is 273 g/mol. The SMILES string of the molecule is NC1CCC(NC(=O)c2cccc3c2CC(=O)N3)CC1. The predicted molar refractivity (Wildman–Crippen MR) is 76.5 cm³/mol.